The van der Waals surface area contributed by atoms with Crippen molar-refractivity contribution in [1.29, 1.82) is 0 Å². The zero-order chi connectivity index (χ0) is 18.8. The van der Waals surface area contributed by atoms with Crippen molar-refractivity contribution in [3.63, 3.8) is 0 Å². The lowest BCUT2D eigenvalue weighted by Crippen LogP contribution is -2.31. The third-order valence-electron chi connectivity index (χ3n) is 4.25. The Hall–Kier alpha value is -3.61. The predicted octanol–water partition coefficient (Wildman–Crippen LogP) is 3.34. The normalized spacial score (nSPS) is 12.2. The lowest BCUT2D eigenvalue weighted by atomic mass is 10.2. The van der Waals surface area contributed by atoms with Crippen molar-refractivity contribution < 1.29 is 18.7 Å². The van der Waals surface area contributed by atoms with Crippen molar-refractivity contribution in [2.24, 2.45) is 0 Å². The molecule has 2 N–H and O–H groups in total. The molecule has 27 heavy (non-hydrogen) atoms. The maximum Gasteiger partial charge on any atom is 0.359 e. The van der Waals surface area contributed by atoms with E-state index in [1.807, 2.05) is 36.4 Å². The Morgan fingerprint density at radius 1 is 1.19 bits per heavy atom. The van der Waals surface area contributed by atoms with Gasteiger partial charge in [0, 0.05) is 10.8 Å². The van der Waals surface area contributed by atoms with E-state index in [2.05, 4.69) is 15.5 Å². The summed E-state index contributed by atoms with van der Waals surface area (Å²) < 4.78 is 10.8. The largest absolute Gasteiger partial charge is 0.459 e. The molecule has 0 bridgehead atoms. The molecule has 0 aliphatic carbocycles. The molecule has 0 radical (unpaired) electrons. The summed E-state index contributed by atoms with van der Waals surface area (Å²) in [4.78, 5) is 24.3. The minimum Gasteiger partial charge on any atom is -0.459 e. The number of rotatable bonds is 5. The van der Waals surface area contributed by atoms with Gasteiger partial charge in [0.25, 0.3) is 5.91 Å². The standard InChI is InChI=1S/C20H17N3O4/c1-12(17-10-13-6-2-5-9-16(13)27-17)21-18(24)11-26-20(25)19-14-7-3-4-8-15(14)22-23-19/h2-10,12H,11H2,1H3,(H,21,24)(H,22,23)/t12-/m0/s1. The fourth-order valence-electron chi connectivity index (χ4n) is 2.89. The Morgan fingerprint density at radius 2 is 1.96 bits per heavy atom. The van der Waals surface area contributed by atoms with Crippen LogP contribution in [0.4, 0.5) is 0 Å². The monoisotopic (exact) mass is 363 g/mol. The Balaban J connectivity index is 1.37. The van der Waals surface area contributed by atoms with E-state index in [4.69, 9.17) is 9.15 Å². The number of H-pyrrole nitrogens is 1. The molecule has 7 heteroatoms. The molecule has 0 saturated carbocycles. The van der Waals surface area contributed by atoms with Crippen molar-refractivity contribution >= 4 is 33.7 Å². The molecule has 0 spiro atoms. The van der Waals surface area contributed by atoms with Gasteiger partial charge < -0.3 is 14.5 Å². The second kappa shape index (κ2) is 6.95. The Kier molecular flexibility index (Phi) is 4.33. The van der Waals surface area contributed by atoms with Crippen LogP contribution in [0.5, 0.6) is 0 Å². The van der Waals surface area contributed by atoms with Crippen molar-refractivity contribution in [2.45, 2.75) is 13.0 Å². The molecule has 0 aliphatic heterocycles. The van der Waals surface area contributed by atoms with E-state index in [1.54, 1.807) is 25.1 Å². The van der Waals surface area contributed by atoms with Crippen LogP contribution in [0.1, 0.15) is 29.2 Å². The van der Waals surface area contributed by atoms with Crippen LogP contribution in [-0.4, -0.2) is 28.7 Å². The van der Waals surface area contributed by atoms with Gasteiger partial charge in [-0.2, -0.15) is 5.10 Å². The highest BCUT2D eigenvalue weighted by Crippen LogP contribution is 2.23. The zero-order valence-corrected chi connectivity index (χ0v) is 14.6. The number of para-hydroxylation sites is 2. The minimum atomic E-state index is -0.654. The van der Waals surface area contributed by atoms with E-state index >= 15 is 0 Å². The maximum atomic E-state index is 12.2. The van der Waals surface area contributed by atoms with Crippen LogP contribution < -0.4 is 5.32 Å². The predicted molar refractivity (Wildman–Crippen MR) is 99.1 cm³/mol. The van der Waals surface area contributed by atoms with Gasteiger partial charge in [-0.3, -0.25) is 9.89 Å². The topological polar surface area (TPSA) is 97.2 Å². The van der Waals surface area contributed by atoms with Gasteiger partial charge in [0.15, 0.2) is 12.3 Å². The second-order valence-corrected chi connectivity index (χ2v) is 6.17. The summed E-state index contributed by atoms with van der Waals surface area (Å²) in [7, 11) is 0. The Bertz CT molecular complexity index is 1100. The number of carbonyl (C=O) groups is 2. The van der Waals surface area contributed by atoms with E-state index < -0.39 is 18.5 Å². The van der Waals surface area contributed by atoms with Crippen LogP contribution in [0.25, 0.3) is 21.9 Å². The van der Waals surface area contributed by atoms with Gasteiger partial charge in [-0.05, 0) is 25.1 Å². The number of fused-ring (bicyclic) bond motifs is 2. The molecule has 4 aromatic rings. The number of aromatic nitrogens is 2. The van der Waals surface area contributed by atoms with Gasteiger partial charge >= 0.3 is 5.97 Å². The second-order valence-electron chi connectivity index (χ2n) is 6.17. The molecule has 2 aromatic heterocycles. The molecule has 0 unspecified atom stereocenters. The third kappa shape index (κ3) is 3.39. The number of nitrogens with zero attached hydrogens (tertiary/aromatic N) is 1. The van der Waals surface area contributed by atoms with Crippen LogP contribution in [0.3, 0.4) is 0 Å². The van der Waals surface area contributed by atoms with Crippen LogP contribution in [0.2, 0.25) is 0 Å². The van der Waals surface area contributed by atoms with Gasteiger partial charge in [0.05, 0.1) is 11.6 Å². The van der Waals surface area contributed by atoms with Crippen LogP contribution >= 0.6 is 0 Å². The minimum absolute atomic E-state index is 0.156. The molecular weight excluding hydrogens is 346 g/mol. The molecule has 1 amide bonds. The van der Waals surface area contributed by atoms with Crippen LogP contribution in [-0.2, 0) is 9.53 Å². The fourth-order valence-corrected chi connectivity index (χ4v) is 2.89. The first kappa shape index (κ1) is 16.8. The number of aromatic amines is 1. The van der Waals surface area contributed by atoms with Crippen LogP contribution in [0, 0.1) is 0 Å². The number of hydrogen-bond donors (Lipinski definition) is 2. The molecule has 0 aliphatic rings. The zero-order valence-electron chi connectivity index (χ0n) is 14.6. The Morgan fingerprint density at radius 3 is 2.81 bits per heavy atom. The number of esters is 1. The van der Waals surface area contributed by atoms with E-state index in [0.717, 1.165) is 16.5 Å². The Labute approximate surface area is 154 Å². The highest BCUT2D eigenvalue weighted by Gasteiger charge is 2.18. The molecule has 136 valence electrons. The number of carbonyl (C=O) groups excluding carboxylic acids is 2. The third-order valence-corrected chi connectivity index (χ3v) is 4.25. The van der Waals surface area contributed by atoms with Gasteiger partial charge in [0.2, 0.25) is 0 Å². The average molecular weight is 363 g/mol. The van der Waals surface area contributed by atoms with Crippen molar-refractivity contribution in [3.8, 4) is 0 Å². The molecular formula is C20H17N3O4. The van der Waals surface area contributed by atoms with Gasteiger partial charge in [-0.1, -0.05) is 36.4 Å². The molecule has 2 heterocycles. The lowest BCUT2D eigenvalue weighted by molar-refractivity contribution is -0.125. The summed E-state index contributed by atoms with van der Waals surface area (Å²) >= 11 is 0. The summed E-state index contributed by atoms with van der Waals surface area (Å²) in [6.45, 7) is 1.41. The van der Waals surface area contributed by atoms with Crippen molar-refractivity contribution in [1.82, 2.24) is 15.5 Å². The summed E-state index contributed by atoms with van der Waals surface area (Å²) in [6.07, 6.45) is 0. The average Bonchev–Trinajstić information content (AvgIpc) is 3.30. The first-order valence-corrected chi connectivity index (χ1v) is 8.50. The quantitative estimate of drug-likeness (QED) is 0.530. The highest BCUT2D eigenvalue weighted by atomic mass is 16.5. The van der Waals surface area contributed by atoms with Gasteiger partial charge in [-0.15, -0.1) is 0 Å². The summed E-state index contributed by atoms with van der Waals surface area (Å²) in [5.41, 5.74) is 1.64. The summed E-state index contributed by atoms with van der Waals surface area (Å²) in [6, 6.07) is 16.3. The summed E-state index contributed by atoms with van der Waals surface area (Å²) in [5.74, 6) is -0.440. The molecule has 1 atom stereocenters. The fraction of sp³-hybridized carbons (Fsp3) is 0.150. The van der Waals surface area contributed by atoms with E-state index in [9.17, 15) is 9.59 Å². The highest BCUT2D eigenvalue weighted by molar-refractivity contribution is 6.02. The molecule has 0 saturated heterocycles. The molecule has 4 rings (SSSR count). The number of ether oxygens (including phenoxy) is 1. The van der Waals surface area contributed by atoms with E-state index in [-0.39, 0.29) is 11.7 Å². The number of furan rings is 1. The van der Waals surface area contributed by atoms with Crippen molar-refractivity contribution in [3.05, 3.63) is 66.1 Å². The van der Waals surface area contributed by atoms with E-state index in [0.29, 0.717) is 11.1 Å². The van der Waals surface area contributed by atoms with Crippen LogP contribution in [0.15, 0.2) is 59.0 Å². The van der Waals surface area contributed by atoms with Gasteiger partial charge in [-0.25, -0.2) is 4.79 Å². The SMILES string of the molecule is C[C@H](NC(=O)COC(=O)c1n[nH]c2ccccc12)c1cc2ccccc2o1. The summed E-state index contributed by atoms with van der Waals surface area (Å²) in [5, 5.41) is 11.1. The molecule has 0 fully saturated rings. The lowest BCUT2D eigenvalue weighted by Gasteiger charge is -2.11. The first-order valence-electron chi connectivity index (χ1n) is 8.50. The molecule has 2 aromatic carbocycles. The van der Waals surface area contributed by atoms with Crippen molar-refractivity contribution in [2.75, 3.05) is 6.61 Å². The number of amides is 1. The first-order chi connectivity index (χ1) is 13.1. The smallest absolute Gasteiger partial charge is 0.359 e. The number of nitrogens with one attached hydrogen (secondary N) is 2. The molecule has 7 nitrogen and oxygen atoms in total. The van der Waals surface area contributed by atoms with E-state index in [1.165, 1.54) is 0 Å². The maximum absolute atomic E-state index is 12.2. The number of benzene rings is 2. The van der Waals surface area contributed by atoms with Gasteiger partial charge in [0.1, 0.15) is 11.3 Å². The number of hydrogen-bond acceptors (Lipinski definition) is 5.